The van der Waals surface area contributed by atoms with Crippen molar-refractivity contribution in [2.45, 2.75) is 29.6 Å². The minimum absolute atomic E-state index is 0.00662. The normalized spacial score (nSPS) is 11.7. The zero-order chi connectivity index (χ0) is 18.2. The quantitative estimate of drug-likeness (QED) is 0.576. The van der Waals surface area contributed by atoms with Crippen molar-refractivity contribution in [1.82, 2.24) is 15.5 Å². The molecule has 1 heterocycles. The predicted octanol–water partition coefficient (Wildman–Crippen LogP) is 3.95. The molecule has 0 unspecified atom stereocenters. The van der Waals surface area contributed by atoms with E-state index in [9.17, 15) is 4.79 Å². The number of aromatic nitrogens is 2. The molecule has 0 aliphatic heterocycles. The summed E-state index contributed by atoms with van der Waals surface area (Å²) in [6, 6.07) is 20.0. The summed E-state index contributed by atoms with van der Waals surface area (Å²) in [7, 11) is 0. The van der Waals surface area contributed by atoms with Gasteiger partial charge in [0.2, 0.25) is 11.0 Å². The molecule has 2 aromatic carbocycles. The molecule has 5 nitrogen and oxygen atoms in total. The van der Waals surface area contributed by atoms with Gasteiger partial charge in [0, 0.05) is 13.1 Å². The van der Waals surface area contributed by atoms with E-state index < -0.39 is 0 Å². The van der Waals surface area contributed by atoms with E-state index in [-0.39, 0.29) is 11.2 Å². The lowest BCUT2D eigenvalue weighted by Gasteiger charge is -2.10. The molecule has 0 fully saturated rings. The third-order valence-electron chi connectivity index (χ3n) is 3.65. The first-order chi connectivity index (χ1) is 12.7. The van der Waals surface area contributed by atoms with E-state index in [0.717, 1.165) is 15.0 Å². The molecule has 0 aliphatic rings. The third-order valence-corrected chi connectivity index (χ3v) is 5.71. The van der Waals surface area contributed by atoms with Crippen LogP contribution in [0.15, 0.2) is 65.0 Å². The Bertz CT molecular complexity index is 824. The van der Waals surface area contributed by atoms with Gasteiger partial charge in [0.1, 0.15) is 0 Å². The van der Waals surface area contributed by atoms with Crippen LogP contribution in [0.1, 0.15) is 18.1 Å². The standard InChI is InChI=1S/C19H20N4OS2/c1-14(17(24)20-12-15-8-4-2-5-9-15)25-19-23-22-18(26-19)21-13-16-10-6-3-7-11-16/h2-11,14H,12-13H2,1H3,(H,20,24)(H,21,22)/t14-/m0/s1. The van der Waals surface area contributed by atoms with Crippen molar-refractivity contribution in [3.8, 4) is 0 Å². The highest BCUT2D eigenvalue weighted by Crippen LogP contribution is 2.29. The molecule has 3 aromatic rings. The lowest BCUT2D eigenvalue weighted by atomic mass is 10.2. The second-order valence-corrected chi connectivity index (χ2v) is 8.24. The SMILES string of the molecule is C[C@H](Sc1nnc(NCc2ccccc2)s1)C(=O)NCc1ccccc1. The number of rotatable bonds is 8. The van der Waals surface area contributed by atoms with Gasteiger partial charge < -0.3 is 10.6 Å². The summed E-state index contributed by atoms with van der Waals surface area (Å²) < 4.78 is 0.780. The maximum atomic E-state index is 12.2. The summed E-state index contributed by atoms with van der Waals surface area (Å²) in [5.41, 5.74) is 2.27. The summed E-state index contributed by atoms with van der Waals surface area (Å²) in [4.78, 5) is 12.2. The van der Waals surface area contributed by atoms with Crippen LogP contribution in [-0.2, 0) is 17.9 Å². The van der Waals surface area contributed by atoms with Gasteiger partial charge in [0.15, 0.2) is 4.34 Å². The van der Waals surface area contributed by atoms with Crippen LogP contribution in [0.2, 0.25) is 0 Å². The molecule has 134 valence electrons. The number of nitrogens with one attached hydrogen (secondary N) is 2. The molecule has 26 heavy (non-hydrogen) atoms. The molecule has 7 heteroatoms. The highest BCUT2D eigenvalue weighted by atomic mass is 32.2. The van der Waals surface area contributed by atoms with Crippen LogP contribution in [0.5, 0.6) is 0 Å². The van der Waals surface area contributed by atoms with E-state index in [1.165, 1.54) is 28.7 Å². The average molecular weight is 385 g/mol. The zero-order valence-electron chi connectivity index (χ0n) is 14.4. The summed E-state index contributed by atoms with van der Waals surface area (Å²) in [5, 5.41) is 15.0. The monoisotopic (exact) mass is 384 g/mol. The first-order valence-electron chi connectivity index (χ1n) is 8.30. The molecular weight excluding hydrogens is 364 g/mol. The van der Waals surface area contributed by atoms with Crippen molar-refractivity contribution >= 4 is 34.1 Å². The Morgan fingerprint density at radius 3 is 2.27 bits per heavy atom. The van der Waals surface area contributed by atoms with Crippen molar-refractivity contribution in [2.75, 3.05) is 5.32 Å². The Kier molecular flexibility index (Phi) is 6.62. The molecule has 1 atom stereocenters. The Labute approximate surface area is 161 Å². The average Bonchev–Trinajstić information content (AvgIpc) is 3.13. The number of carbonyl (C=O) groups excluding carboxylic acids is 1. The van der Waals surface area contributed by atoms with Crippen molar-refractivity contribution in [2.24, 2.45) is 0 Å². The van der Waals surface area contributed by atoms with E-state index in [2.05, 4.69) is 33.0 Å². The van der Waals surface area contributed by atoms with E-state index >= 15 is 0 Å². The second kappa shape index (κ2) is 9.35. The molecule has 0 saturated heterocycles. The van der Waals surface area contributed by atoms with Crippen LogP contribution < -0.4 is 10.6 Å². The van der Waals surface area contributed by atoms with Gasteiger partial charge in [0.05, 0.1) is 5.25 Å². The molecule has 1 amide bonds. The van der Waals surface area contributed by atoms with E-state index in [1.807, 2.05) is 55.5 Å². The Balaban J connectivity index is 1.46. The fraction of sp³-hybridized carbons (Fsp3) is 0.211. The first-order valence-corrected chi connectivity index (χ1v) is 10.00. The number of anilines is 1. The number of carbonyl (C=O) groups is 1. The van der Waals surface area contributed by atoms with Crippen LogP contribution in [0.25, 0.3) is 0 Å². The van der Waals surface area contributed by atoms with Gasteiger partial charge in [-0.3, -0.25) is 4.79 Å². The number of hydrogen-bond donors (Lipinski definition) is 2. The summed E-state index contributed by atoms with van der Waals surface area (Å²) in [6.07, 6.45) is 0. The van der Waals surface area contributed by atoms with E-state index in [1.54, 1.807) is 0 Å². The molecule has 0 bridgehead atoms. The second-order valence-electron chi connectivity index (χ2n) is 5.68. The maximum absolute atomic E-state index is 12.2. The maximum Gasteiger partial charge on any atom is 0.233 e. The van der Waals surface area contributed by atoms with Crippen molar-refractivity contribution in [3.63, 3.8) is 0 Å². The van der Waals surface area contributed by atoms with Gasteiger partial charge in [-0.05, 0) is 18.1 Å². The fourth-order valence-electron chi connectivity index (χ4n) is 2.24. The van der Waals surface area contributed by atoms with E-state index in [4.69, 9.17) is 0 Å². The van der Waals surface area contributed by atoms with Gasteiger partial charge in [-0.1, -0.05) is 83.8 Å². The van der Waals surface area contributed by atoms with Crippen molar-refractivity contribution in [3.05, 3.63) is 71.8 Å². The van der Waals surface area contributed by atoms with Gasteiger partial charge in [-0.25, -0.2) is 0 Å². The number of thioether (sulfide) groups is 1. The number of nitrogens with zero attached hydrogens (tertiary/aromatic N) is 2. The van der Waals surface area contributed by atoms with Crippen LogP contribution in [0, 0.1) is 0 Å². The number of hydrogen-bond acceptors (Lipinski definition) is 6. The highest BCUT2D eigenvalue weighted by molar-refractivity contribution is 8.02. The van der Waals surface area contributed by atoms with Gasteiger partial charge >= 0.3 is 0 Å². The molecule has 0 saturated carbocycles. The lowest BCUT2D eigenvalue weighted by Crippen LogP contribution is -2.30. The van der Waals surface area contributed by atoms with Gasteiger partial charge in [-0.2, -0.15) is 0 Å². The van der Waals surface area contributed by atoms with Crippen molar-refractivity contribution < 1.29 is 4.79 Å². The summed E-state index contributed by atoms with van der Waals surface area (Å²) in [5.74, 6) is -0.00662. The minimum atomic E-state index is -0.228. The zero-order valence-corrected chi connectivity index (χ0v) is 16.0. The molecule has 2 N–H and O–H groups in total. The molecular formula is C19H20N4OS2. The Morgan fingerprint density at radius 2 is 1.62 bits per heavy atom. The van der Waals surface area contributed by atoms with Crippen molar-refractivity contribution in [1.29, 1.82) is 0 Å². The van der Waals surface area contributed by atoms with E-state index in [0.29, 0.717) is 13.1 Å². The summed E-state index contributed by atoms with van der Waals surface area (Å²) >= 11 is 2.88. The molecule has 3 rings (SSSR count). The fourth-order valence-corrected chi connectivity index (χ4v) is 4.15. The van der Waals surface area contributed by atoms with Gasteiger partial charge in [0.25, 0.3) is 0 Å². The van der Waals surface area contributed by atoms with Crippen LogP contribution >= 0.6 is 23.1 Å². The minimum Gasteiger partial charge on any atom is -0.356 e. The number of benzene rings is 2. The topological polar surface area (TPSA) is 66.9 Å². The summed E-state index contributed by atoms with van der Waals surface area (Å²) in [6.45, 7) is 3.11. The first kappa shape index (κ1) is 18.4. The Morgan fingerprint density at radius 1 is 1.00 bits per heavy atom. The smallest absolute Gasteiger partial charge is 0.233 e. The van der Waals surface area contributed by atoms with Crippen LogP contribution in [-0.4, -0.2) is 21.4 Å². The molecule has 0 aliphatic carbocycles. The molecule has 0 radical (unpaired) electrons. The molecule has 0 spiro atoms. The van der Waals surface area contributed by atoms with Crippen LogP contribution in [0.3, 0.4) is 0 Å². The van der Waals surface area contributed by atoms with Crippen LogP contribution in [0.4, 0.5) is 5.13 Å². The number of amides is 1. The molecule has 1 aromatic heterocycles. The lowest BCUT2D eigenvalue weighted by molar-refractivity contribution is -0.120. The highest BCUT2D eigenvalue weighted by Gasteiger charge is 2.17. The largest absolute Gasteiger partial charge is 0.356 e. The predicted molar refractivity (Wildman–Crippen MR) is 107 cm³/mol. The third kappa shape index (κ3) is 5.57. The van der Waals surface area contributed by atoms with Gasteiger partial charge in [-0.15, -0.1) is 10.2 Å². The Hall–Kier alpha value is -2.38.